The highest BCUT2D eigenvalue weighted by atomic mass is 32.1. The van der Waals surface area contributed by atoms with E-state index >= 15 is 0 Å². The molecule has 0 fully saturated rings. The number of aryl methyl sites for hydroxylation is 1. The molecule has 1 aromatic heterocycles. The monoisotopic (exact) mass is 317 g/mol. The second-order valence-electron chi connectivity index (χ2n) is 5.32. The summed E-state index contributed by atoms with van der Waals surface area (Å²) < 4.78 is 5.15. The first kappa shape index (κ1) is 16.2. The summed E-state index contributed by atoms with van der Waals surface area (Å²) in [5.74, 6) is -0.565. The highest BCUT2D eigenvalue weighted by Crippen LogP contribution is 2.22. The van der Waals surface area contributed by atoms with Crippen LogP contribution < -0.4 is 5.32 Å². The second-order valence-corrected chi connectivity index (χ2v) is 6.40. The molecule has 1 N–H and O–H groups in total. The summed E-state index contributed by atoms with van der Waals surface area (Å²) >= 11 is 1.55. The number of anilines is 1. The van der Waals surface area contributed by atoms with Crippen molar-refractivity contribution in [1.29, 1.82) is 0 Å². The van der Waals surface area contributed by atoms with Crippen LogP contribution >= 0.6 is 11.3 Å². The molecule has 0 radical (unpaired) electrons. The largest absolute Gasteiger partial charge is 0.459 e. The van der Waals surface area contributed by atoms with Gasteiger partial charge in [0.1, 0.15) is 0 Å². The van der Waals surface area contributed by atoms with Gasteiger partial charge in [0.2, 0.25) is 0 Å². The van der Waals surface area contributed by atoms with Crippen molar-refractivity contribution in [2.24, 2.45) is 0 Å². The predicted molar refractivity (Wildman–Crippen MR) is 88.7 cm³/mol. The van der Waals surface area contributed by atoms with Crippen LogP contribution in [-0.4, -0.2) is 18.0 Å². The van der Waals surface area contributed by atoms with Crippen molar-refractivity contribution in [3.63, 3.8) is 0 Å². The van der Waals surface area contributed by atoms with E-state index in [9.17, 15) is 9.59 Å². The van der Waals surface area contributed by atoms with Crippen molar-refractivity contribution in [3.05, 3.63) is 51.2 Å². The number of benzene rings is 1. The van der Waals surface area contributed by atoms with Gasteiger partial charge in [-0.2, -0.15) is 0 Å². The summed E-state index contributed by atoms with van der Waals surface area (Å²) in [4.78, 5) is 25.3. The van der Waals surface area contributed by atoms with E-state index in [1.807, 2.05) is 19.2 Å². The van der Waals surface area contributed by atoms with Gasteiger partial charge in [0, 0.05) is 15.9 Å². The molecule has 1 amide bonds. The lowest BCUT2D eigenvalue weighted by Crippen LogP contribution is -2.14. The summed E-state index contributed by atoms with van der Waals surface area (Å²) in [6.45, 7) is 7.51. The van der Waals surface area contributed by atoms with Gasteiger partial charge in [-0.3, -0.25) is 4.79 Å². The predicted octanol–water partition coefficient (Wildman–Crippen LogP) is 4.18. The van der Waals surface area contributed by atoms with Crippen molar-refractivity contribution in [2.45, 2.75) is 33.8 Å². The van der Waals surface area contributed by atoms with Crippen LogP contribution in [0.25, 0.3) is 0 Å². The van der Waals surface area contributed by atoms with E-state index in [0.717, 1.165) is 10.4 Å². The molecule has 0 atom stereocenters. The minimum atomic E-state index is -0.395. The topological polar surface area (TPSA) is 55.4 Å². The highest BCUT2D eigenvalue weighted by molar-refractivity contribution is 7.10. The summed E-state index contributed by atoms with van der Waals surface area (Å²) in [5.41, 5.74) is 2.65. The van der Waals surface area contributed by atoms with Crippen molar-refractivity contribution in [1.82, 2.24) is 0 Å². The molecule has 0 bridgehead atoms. The molecule has 0 saturated heterocycles. The third kappa shape index (κ3) is 3.74. The quantitative estimate of drug-likeness (QED) is 0.861. The van der Waals surface area contributed by atoms with Crippen LogP contribution in [0.1, 0.15) is 45.0 Å². The molecule has 0 unspecified atom stereocenters. The van der Waals surface area contributed by atoms with Gasteiger partial charge in [0.15, 0.2) is 0 Å². The van der Waals surface area contributed by atoms with Crippen LogP contribution in [0.5, 0.6) is 0 Å². The molecule has 5 heteroatoms. The number of nitrogens with one attached hydrogen (secondary N) is 1. The number of ether oxygens (including phenoxy) is 1. The fourth-order valence-electron chi connectivity index (χ4n) is 1.94. The molecule has 0 spiro atoms. The smallest absolute Gasteiger partial charge is 0.338 e. The number of thiophene rings is 1. The molecule has 2 aromatic rings. The lowest BCUT2D eigenvalue weighted by Gasteiger charge is -2.10. The molecule has 0 aliphatic rings. The first-order valence-electron chi connectivity index (χ1n) is 7.05. The highest BCUT2D eigenvalue weighted by Gasteiger charge is 2.14. The number of carbonyl (C=O) groups excluding carboxylic acids is 2. The van der Waals surface area contributed by atoms with E-state index in [-0.39, 0.29) is 12.0 Å². The summed E-state index contributed by atoms with van der Waals surface area (Å²) in [6.07, 6.45) is -0.179. The van der Waals surface area contributed by atoms with Gasteiger partial charge in [-0.25, -0.2) is 4.79 Å². The van der Waals surface area contributed by atoms with E-state index < -0.39 is 5.97 Å². The molecule has 0 aliphatic heterocycles. The standard InChI is InChI=1S/C17H19NO3S/c1-10(2)21-17(20)13-6-5-7-14(8-13)18-16(19)15-9-22-12(4)11(15)3/h5-10H,1-4H3,(H,18,19). The summed E-state index contributed by atoms with van der Waals surface area (Å²) in [7, 11) is 0. The number of amides is 1. The van der Waals surface area contributed by atoms with Crippen molar-refractivity contribution in [2.75, 3.05) is 5.32 Å². The summed E-state index contributed by atoms with van der Waals surface area (Å²) in [5, 5.41) is 4.67. The fourth-order valence-corrected chi connectivity index (χ4v) is 2.81. The third-order valence-electron chi connectivity index (χ3n) is 3.23. The number of carbonyl (C=O) groups is 2. The minimum absolute atomic E-state index is 0.170. The maximum Gasteiger partial charge on any atom is 0.338 e. The van der Waals surface area contributed by atoms with Crippen LogP contribution in [0.2, 0.25) is 0 Å². The molecular weight excluding hydrogens is 298 g/mol. The molecule has 0 aliphatic carbocycles. The number of esters is 1. The Kier molecular flexibility index (Phi) is 4.98. The first-order valence-corrected chi connectivity index (χ1v) is 7.93. The van der Waals surface area contributed by atoms with E-state index in [4.69, 9.17) is 4.74 Å². The van der Waals surface area contributed by atoms with E-state index in [1.54, 1.807) is 49.4 Å². The Morgan fingerprint density at radius 3 is 2.55 bits per heavy atom. The van der Waals surface area contributed by atoms with Crippen LogP contribution in [0.4, 0.5) is 5.69 Å². The van der Waals surface area contributed by atoms with E-state index in [2.05, 4.69) is 5.32 Å². The zero-order chi connectivity index (χ0) is 16.3. The van der Waals surface area contributed by atoms with Gasteiger partial charge in [0.05, 0.1) is 17.2 Å². The minimum Gasteiger partial charge on any atom is -0.459 e. The van der Waals surface area contributed by atoms with Gasteiger partial charge < -0.3 is 10.1 Å². The maximum absolute atomic E-state index is 12.3. The lowest BCUT2D eigenvalue weighted by atomic mass is 10.1. The average Bonchev–Trinajstić information content (AvgIpc) is 2.78. The SMILES string of the molecule is Cc1scc(C(=O)Nc2cccc(C(=O)OC(C)C)c2)c1C. The Labute approximate surface area is 134 Å². The number of rotatable bonds is 4. The molecule has 0 saturated carbocycles. The van der Waals surface area contributed by atoms with Gasteiger partial charge in [-0.05, 0) is 51.5 Å². The zero-order valence-corrected chi connectivity index (χ0v) is 13.9. The van der Waals surface area contributed by atoms with Gasteiger partial charge in [-0.1, -0.05) is 6.07 Å². The van der Waals surface area contributed by atoms with Crippen molar-refractivity contribution in [3.8, 4) is 0 Å². The Morgan fingerprint density at radius 1 is 1.23 bits per heavy atom. The van der Waals surface area contributed by atoms with Gasteiger partial charge in [-0.15, -0.1) is 11.3 Å². The first-order chi connectivity index (χ1) is 10.4. The Bertz CT molecular complexity index is 704. The fraction of sp³-hybridized carbons (Fsp3) is 0.294. The number of hydrogen-bond acceptors (Lipinski definition) is 4. The Hall–Kier alpha value is -2.14. The van der Waals surface area contributed by atoms with Gasteiger partial charge >= 0.3 is 5.97 Å². The Balaban J connectivity index is 2.15. The maximum atomic E-state index is 12.3. The second kappa shape index (κ2) is 6.75. The van der Waals surface area contributed by atoms with Crippen LogP contribution in [0.3, 0.4) is 0 Å². The van der Waals surface area contributed by atoms with E-state index in [1.165, 1.54) is 0 Å². The summed E-state index contributed by atoms with van der Waals surface area (Å²) in [6, 6.07) is 6.76. The van der Waals surface area contributed by atoms with E-state index in [0.29, 0.717) is 16.8 Å². The molecule has 1 aromatic carbocycles. The van der Waals surface area contributed by atoms with Crippen LogP contribution in [-0.2, 0) is 4.74 Å². The molecule has 22 heavy (non-hydrogen) atoms. The van der Waals surface area contributed by atoms with Crippen molar-refractivity contribution < 1.29 is 14.3 Å². The molecular formula is C17H19NO3S. The zero-order valence-electron chi connectivity index (χ0n) is 13.1. The Morgan fingerprint density at radius 2 is 1.95 bits per heavy atom. The van der Waals surface area contributed by atoms with Crippen molar-refractivity contribution >= 4 is 28.9 Å². The third-order valence-corrected chi connectivity index (χ3v) is 4.24. The molecule has 116 valence electrons. The average molecular weight is 317 g/mol. The lowest BCUT2D eigenvalue weighted by molar-refractivity contribution is 0.0378. The van der Waals surface area contributed by atoms with Gasteiger partial charge in [0.25, 0.3) is 5.91 Å². The molecule has 4 nitrogen and oxygen atoms in total. The number of hydrogen-bond donors (Lipinski definition) is 1. The van der Waals surface area contributed by atoms with Crippen LogP contribution in [0.15, 0.2) is 29.6 Å². The van der Waals surface area contributed by atoms with Crippen LogP contribution in [0, 0.1) is 13.8 Å². The normalized spacial score (nSPS) is 10.6. The molecule has 1 heterocycles. The molecule has 2 rings (SSSR count).